The molecular formula is C16H32N2O2. The highest BCUT2D eigenvalue weighted by molar-refractivity contribution is 5.80. The quantitative estimate of drug-likeness (QED) is 0.719. The standard InChI is InChI=1S/C16H32N2O2/c1-12(2)9-10-20-13(3)16(19)18-15(11-17)14-7-5-4-6-8-14/h12-15H,4-11,17H2,1-3H3,(H,18,19). The van der Waals surface area contributed by atoms with Crippen molar-refractivity contribution >= 4 is 5.91 Å². The summed E-state index contributed by atoms with van der Waals surface area (Å²) in [4.78, 5) is 12.1. The molecule has 0 spiro atoms. The van der Waals surface area contributed by atoms with E-state index in [1.807, 2.05) is 6.92 Å². The van der Waals surface area contributed by atoms with E-state index in [1.165, 1.54) is 32.1 Å². The molecule has 0 aromatic rings. The summed E-state index contributed by atoms with van der Waals surface area (Å²) in [7, 11) is 0. The molecule has 2 atom stereocenters. The fourth-order valence-electron chi connectivity index (χ4n) is 2.76. The Balaban J connectivity index is 2.33. The molecule has 20 heavy (non-hydrogen) atoms. The molecule has 1 rings (SSSR count). The number of ether oxygens (including phenoxy) is 1. The van der Waals surface area contributed by atoms with Crippen LogP contribution in [0.2, 0.25) is 0 Å². The largest absolute Gasteiger partial charge is 0.369 e. The van der Waals surface area contributed by atoms with Gasteiger partial charge in [0, 0.05) is 19.2 Å². The topological polar surface area (TPSA) is 64.3 Å². The Morgan fingerprint density at radius 1 is 1.25 bits per heavy atom. The van der Waals surface area contributed by atoms with Crippen molar-refractivity contribution in [1.29, 1.82) is 0 Å². The van der Waals surface area contributed by atoms with Crippen LogP contribution in [0.3, 0.4) is 0 Å². The Labute approximate surface area is 123 Å². The number of nitrogens with two attached hydrogens (primary N) is 1. The molecule has 0 aromatic carbocycles. The maximum Gasteiger partial charge on any atom is 0.249 e. The third-order valence-electron chi connectivity index (χ3n) is 4.23. The third-order valence-corrected chi connectivity index (χ3v) is 4.23. The fourth-order valence-corrected chi connectivity index (χ4v) is 2.76. The number of carbonyl (C=O) groups excluding carboxylic acids is 1. The van der Waals surface area contributed by atoms with Crippen molar-refractivity contribution in [3.63, 3.8) is 0 Å². The molecule has 1 aliphatic rings. The Morgan fingerprint density at radius 3 is 2.45 bits per heavy atom. The van der Waals surface area contributed by atoms with E-state index in [4.69, 9.17) is 10.5 Å². The van der Waals surface area contributed by atoms with Crippen LogP contribution in [-0.2, 0) is 9.53 Å². The summed E-state index contributed by atoms with van der Waals surface area (Å²) in [6.07, 6.45) is 6.81. The summed E-state index contributed by atoms with van der Waals surface area (Å²) < 4.78 is 5.59. The molecule has 0 aromatic heterocycles. The predicted molar refractivity (Wildman–Crippen MR) is 82.4 cm³/mol. The van der Waals surface area contributed by atoms with Crippen LogP contribution < -0.4 is 11.1 Å². The van der Waals surface area contributed by atoms with Crippen molar-refractivity contribution in [3.8, 4) is 0 Å². The molecule has 2 unspecified atom stereocenters. The lowest BCUT2D eigenvalue weighted by molar-refractivity contribution is -0.133. The van der Waals surface area contributed by atoms with Gasteiger partial charge in [-0.25, -0.2) is 0 Å². The number of rotatable bonds is 8. The van der Waals surface area contributed by atoms with E-state index in [1.54, 1.807) is 0 Å². The highest BCUT2D eigenvalue weighted by Crippen LogP contribution is 2.26. The van der Waals surface area contributed by atoms with Crippen LogP contribution in [0.4, 0.5) is 0 Å². The van der Waals surface area contributed by atoms with Gasteiger partial charge < -0.3 is 15.8 Å². The van der Waals surface area contributed by atoms with Gasteiger partial charge in [-0.3, -0.25) is 4.79 Å². The maximum atomic E-state index is 12.1. The predicted octanol–water partition coefficient (Wildman–Crippen LogP) is 2.46. The zero-order valence-electron chi connectivity index (χ0n) is 13.4. The fraction of sp³-hybridized carbons (Fsp3) is 0.938. The van der Waals surface area contributed by atoms with Gasteiger partial charge >= 0.3 is 0 Å². The van der Waals surface area contributed by atoms with Crippen LogP contribution in [0.25, 0.3) is 0 Å². The van der Waals surface area contributed by atoms with Gasteiger partial charge in [0.15, 0.2) is 0 Å². The van der Waals surface area contributed by atoms with Crippen LogP contribution in [0.5, 0.6) is 0 Å². The first-order chi connectivity index (χ1) is 9.54. The maximum absolute atomic E-state index is 12.1. The Hall–Kier alpha value is -0.610. The highest BCUT2D eigenvalue weighted by Gasteiger charge is 2.25. The monoisotopic (exact) mass is 284 g/mol. The van der Waals surface area contributed by atoms with Crippen LogP contribution in [0.15, 0.2) is 0 Å². The minimum Gasteiger partial charge on any atom is -0.369 e. The van der Waals surface area contributed by atoms with Gasteiger partial charge in [0.2, 0.25) is 5.91 Å². The normalized spacial score (nSPS) is 19.9. The Kier molecular flexibility index (Phi) is 8.15. The minimum atomic E-state index is -0.383. The molecule has 118 valence electrons. The van der Waals surface area contributed by atoms with Gasteiger partial charge in [0.25, 0.3) is 0 Å². The highest BCUT2D eigenvalue weighted by atomic mass is 16.5. The number of carbonyl (C=O) groups is 1. The summed E-state index contributed by atoms with van der Waals surface area (Å²) in [5, 5.41) is 3.09. The molecular weight excluding hydrogens is 252 g/mol. The molecule has 0 saturated heterocycles. The van der Waals surface area contributed by atoms with E-state index in [9.17, 15) is 4.79 Å². The zero-order chi connectivity index (χ0) is 15.0. The number of nitrogens with one attached hydrogen (secondary N) is 1. The van der Waals surface area contributed by atoms with E-state index in [2.05, 4.69) is 19.2 Å². The van der Waals surface area contributed by atoms with Crippen LogP contribution in [0.1, 0.15) is 59.3 Å². The zero-order valence-corrected chi connectivity index (χ0v) is 13.4. The van der Waals surface area contributed by atoms with Gasteiger partial charge in [0.05, 0.1) is 0 Å². The molecule has 0 radical (unpaired) electrons. The molecule has 0 aliphatic heterocycles. The summed E-state index contributed by atoms with van der Waals surface area (Å²) in [5.74, 6) is 1.12. The molecule has 1 amide bonds. The first-order valence-electron chi connectivity index (χ1n) is 8.16. The lowest BCUT2D eigenvalue weighted by atomic mass is 9.84. The van der Waals surface area contributed by atoms with Gasteiger partial charge in [-0.1, -0.05) is 33.1 Å². The van der Waals surface area contributed by atoms with Crippen molar-refractivity contribution in [3.05, 3.63) is 0 Å². The Bertz CT molecular complexity index is 276. The number of hydrogen-bond donors (Lipinski definition) is 2. The van der Waals surface area contributed by atoms with E-state index < -0.39 is 0 Å². The first-order valence-corrected chi connectivity index (χ1v) is 8.16. The Morgan fingerprint density at radius 2 is 1.90 bits per heavy atom. The van der Waals surface area contributed by atoms with E-state index in [0.29, 0.717) is 25.0 Å². The smallest absolute Gasteiger partial charge is 0.249 e. The van der Waals surface area contributed by atoms with E-state index in [0.717, 1.165) is 6.42 Å². The molecule has 0 heterocycles. The lowest BCUT2D eigenvalue weighted by Gasteiger charge is -2.30. The molecule has 4 nitrogen and oxygen atoms in total. The molecule has 1 saturated carbocycles. The second kappa shape index (κ2) is 9.35. The summed E-state index contributed by atoms with van der Waals surface area (Å²) in [5.41, 5.74) is 5.84. The lowest BCUT2D eigenvalue weighted by Crippen LogP contribution is -2.49. The minimum absolute atomic E-state index is 0.0187. The van der Waals surface area contributed by atoms with Crippen molar-refractivity contribution in [2.24, 2.45) is 17.6 Å². The van der Waals surface area contributed by atoms with Crippen molar-refractivity contribution in [1.82, 2.24) is 5.32 Å². The average molecular weight is 284 g/mol. The first kappa shape index (κ1) is 17.4. The molecule has 1 fully saturated rings. The summed E-state index contributed by atoms with van der Waals surface area (Å²) >= 11 is 0. The van der Waals surface area contributed by atoms with Crippen LogP contribution in [0, 0.1) is 11.8 Å². The van der Waals surface area contributed by atoms with E-state index in [-0.39, 0.29) is 18.1 Å². The second-order valence-corrected chi connectivity index (χ2v) is 6.44. The van der Waals surface area contributed by atoms with Crippen LogP contribution in [-0.4, -0.2) is 31.2 Å². The van der Waals surface area contributed by atoms with Crippen molar-refractivity contribution in [2.75, 3.05) is 13.2 Å². The molecule has 1 aliphatic carbocycles. The summed E-state index contributed by atoms with van der Waals surface area (Å²) in [6.45, 7) is 7.30. The average Bonchev–Trinajstić information content (AvgIpc) is 2.44. The van der Waals surface area contributed by atoms with Gasteiger partial charge in [0.1, 0.15) is 6.10 Å². The number of hydrogen-bond acceptors (Lipinski definition) is 3. The number of amides is 1. The second-order valence-electron chi connectivity index (χ2n) is 6.44. The summed E-state index contributed by atoms with van der Waals surface area (Å²) in [6, 6.07) is 0.110. The molecule has 0 bridgehead atoms. The van der Waals surface area contributed by atoms with Gasteiger partial charge in [-0.05, 0) is 38.0 Å². The molecule has 3 N–H and O–H groups in total. The van der Waals surface area contributed by atoms with Crippen molar-refractivity contribution in [2.45, 2.75) is 71.4 Å². The van der Waals surface area contributed by atoms with Gasteiger partial charge in [-0.15, -0.1) is 0 Å². The third kappa shape index (κ3) is 6.23. The van der Waals surface area contributed by atoms with Crippen molar-refractivity contribution < 1.29 is 9.53 Å². The van der Waals surface area contributed by atoms with Crippen LogP contribution >= 0.6 is 0 Å². The van der Waals surface area contributed by atoms with Gasteiger partial charge in [-0.2, -0.15) is 0 Å². The SMILES string of the molecule is CC(C)CCOC(C)C(=O)NC(CN)C1CCCCC1. The van der Waals surface area contributed by atoms with E-state index >= 15 is 0 Å². The molecule has 4 heteroatoms.